The smallest absolute Gasteiger partial charge is 0.319 e. The van der Waals surface area contributed by atoms with Crippen LogP contribution in [0.5, 0.6) is 0 Å². The van der Waals surface area contributed by atoms with Crippen LogP contribution in [0.15, 0.2) is 23.1 Å². The number of urea groups is 1. The largest absolute Gasteiger partial charge is 0.335 e. The molecule has 0 bridgehead atoms. The second kappa shape index (κ2) is 6.83. The van der Waals surface area contributed by atoms with Crippen molar-refractivity contribution in [3.63, 3.8) is 0 Å². The Morgan fingerprint density at radius 3 is 2.87 bits per heavy atom. The Labute approximate surface area is 141 Å². The van der Waals surface area contributed by atoms with E-state index in [1.54, 1.807) is 11.9 Å². The summed E-state index contributed by atoms with van der Waals surface area (Å²) in [6, 6.07) is 5.80. The average Bonchev–Trinajstić information content (AvgIpc) is 2.54. The molecule has 3 amide bonds. The zero-order valence-corrected chi connectivity index (χ0v) is 14.4. The van der Waals surface area contributed by atoms with Gasteiger partial charge in [0.05, 0.1) is 11.4 Å². The van der Waals surface area contributed by atoms with Gasteiger partial charge < -0.3 is 15.5 Å². The SMILES string of the molecule is CC1CCCCC1NC(=O)Nc1ccc2c(c1)N(C)C(=O)CS2. The van der Waals surface area contributed by atoms with E-state index in [1.165, 1.54) is 31.0 Å². The number of nitrogens with zero attached hydrogens (tertiary/aromatic N) is 1. The van der Waals surface area contributed by atoms with Gasteiger partial charge in [-0.25, -0.2) is 4.79 Å². The van der Waals surface area contributed by atoms with E-state index in [0.29, 0.717) is 17.4 Å². The molecule has 0 spiro atoms. The highest BCUT2D eigenvalue weighted by atomic mass is 32.2. The van der Waals surface area contributed by atoms with Crippen molar-refractivity contribution in [1.29, 1.82) is 0 Å². The lowest BCUT2D eigenvalue weighted by Gasteiger charge is -2.29. The summed E-state index contributed by atoms with van der Waals surface area (Å²) in [5.74, 6) is 1.08. The Hall–Kier alpha value is -1.69. The van der Waals surface area contributed by atoms with Crippen LogP contribution in [0.3, 0.4) is 0 Å². The van der Waals surface area contributed by atoms with Gasteiger partial charge >= 0.3 is 6.03 Å². The number of hydrogen-bond donors (Lipinski definition) is 2. The van der Waals surface area contributed by atoms with Crippen molar-refractivity contribution in [2.24, 2.45) is 5.92 Å². The Morgan fingerprint density at radius 1 is 1.30 bits per heavy atom. The van der Waals surface area contributed by atoms with Gasteiger partial charge in [-0.3, -0.25) is 4.79 Å². The van der Waals surface area contributed by atoms with Crippen LogP contribution in [0.1, 0.15) is 32.6 Å². The van der Waals surface area contributed by atoms with Gasteiger partial charge in [0, 0.05) is 23.7 Å². The fraction of sp³-hybridized carbons (Fsp3) is 0.529. The van der Waals surface area contributed by atoms with Crippen molar-refractivity contribution >= 4 is 35.1 Å². The first-order chi connectivity index (χ1) is 11.0. The molecule has 2 aliphatic rings. The fourth-order valence-corrected chi connectivity index (χ4v) is 4.20. The number of carbonyl (C=O) groups is 2. The minimum absolute atomic E-state index is 0.0835. The maximum absolute atomic E-state index is 12.2. The van der Waals surface area contributed by atoms with Crippen molar-refractivity contribution in [3.05, 3.63) is 18.2 Å². The van der Waals surface area contributed by atoms with Crippen LogP contribution in [0.2, 0.25) is 0 Å². The first-order valence-corrected chi connectivity index (χ1v) is 9.14. The van der Waals surface area contributed by atoms with Crippen molar-refractivity contribution in [1.82, 2.24) is 5.32 Å². The molecule has 124 valence electrons. The summed E-state index contributed by atoms with van der Waals surface area (Å²) in [7, 11) is 1.77. The van der Waals surface area contributed by atoms with Crippen LogP contribution in [-0.2, 0) is 4.79 Å². The molecule has 1 fully saturated rings. The Bertz CT molecular complexity index is 620. The number of hydrogen-bond acceptors (Lipinski definition) is 3. The predicted octanol–water partition coefficient (Wildman–Crippen LogP) is 3.46. The van der Waals surface area contributed by atoms with Gasteiger partial charge in [0.1, 0.15) is 0 Å². The molecule has 2 atom stereocenters. The van der Waals surface area contributed by atoms with Gasteiger partial charge in [0.25, 0.3) is 0 Å². The summed E-state index contributed by atoms with van der Waals surface area (Å²) in [5.41, 5.74) is 1.57. The van der Waals surface area contributed by atoms with E-state index in [4.69, 9.17) is 0 Å². The number of carbonyl (C=O) groups excluding carboxylic acids is 2. The first kappa shape index (κ1) is 16.2. The molecule has 1 aromatic rings. The summed E-state index contributed by atoms with van der Waals surface area (Å²) in [6.45, 7) is 2.20. The van der Waals surface area contributed by atoms with E-state index >= 15 is 0 Å². The van der Waals surface area contributed by atoms with Crippen molar-refractivity contribution in [3.8, 4) is 0 Å². The molecule has 2 N–H and O–H groups in total. The van der Waals surface area contributed by atoms with Gasteiger partial charge in [-0.1, -0.05) is 19.8 Å². The van der Waals surface area contributed by atoms with E-state index in [9.17, 15) is 9.59 Å². The minimum atomic E-state index is -0.166. The molecular formula is C17H23N3O2S. The normalized spacial score (nSPS) is 24.1. The zero-order valence-electron chi connectivity index (χ0n) is 13.6. The molecule has 1 heterocycles. The average molecular weight is 333 g/mol. The molecule has 1 saturated carbocycles. The molecule has 1 aliphatic carbocycles. The van der Waals surface area contributed by atoms with Crippen molar-refractivity contribution in [2.75, 3.05) is 23.0 Å². The second-order valence-electron chi connectivity index (χ2n) is 6.39. The number of thioether (sulfide) groups is 1. The summed E-state index contributed by atoms with van der Waals surface area (Å²) in [4.78, 5) is 26.7. The standard InChI is InChI=1S/C17H23N3O2S/c1-11-5-3-4-6-13(11)19-17(22)18-12-7-8-15-14(9-12)20(2)16(21)10-23-15/h7-9,11,13H,3-6,10H2,1-2H3,(H2,18,19,22). The maximum Gasteiger partial charge on any atom is 0.319 e. The van der Waals surface area contributed by atoms with Gasteiger partial charge in [-0.15, -0.1) is 11.8 Å². The lowest BCUT2D eigenvalue weighted by atomic mass is 9.86. The number of nitrogens with one attached hydrogen (secondary N) is 2. The topological polar surface area (TPSA) is 61.4 Å². The molecule has 3 rings (SSSR count). The molecule has 5 nitrogen and oxygen atoms in total. The third-order valence-electron chi connectivity index (χ3n) is 4.73. The van der Waals surface area contributed by atoms with E-state index < -0.39 is 0 Å². The Kier molecular flexibility index (Phi) is 4.80. The van der Waals surface area contributed by atoms with Crippen LogP contribution >= 0.6 is 11.8 Å². The third-order valence-corrected chi connectivity index (χ3v) is 5.78. The fourth-order valence-electron chi connectivity index (χ4n) is 3.22. The van der Waals surface area contributed by atoms with Crippen LogP contribution < -0.4 is 15.5 Å². The maximum atomic E-state index is 12.2. The summed E-state index contributed by atoms with van der Waals surface area (Å²) < 4.78 is 0. The monoisotopic (exact) mass is 333 g/mol. The van der Waals surface area contributed by atoms with Gasteiger partial charge in [0.2, 0.25) is 5.91 Å². The van der Waals surface area contributed by atoms with E-state index in [2.05, 4.69) is 17.6 Å². The number of fused-ring (bicyclic) bond motifs is 1. The second-order valence-corrected chi connectivity index (χ2v) is 7.41. The van der Waals surface area contributed by atoms with Crippen molar-refractivity contribution in [2.45, 2.75) is 43.5 Å². The molecule has 23 heavy (non-hydrogen) atoms. The third kappa shape index (κ3) is 3.63. The van der Waals surface area contributed by atoms with Crippen LogP contribution in [0, 0.1) is 5.92 Å². The zero-order chi connectivity index (χ0) is 16.4. The van der Waals surface area contributed by atoms with E-state index in [1.807, 2.05) is 18.2 Å². The first-order valence-electron chi connectivity index (χ1n) is 8.15. The van der Waals surface area contributed by atoms with Gasteiger partial charge in [-0.05, 0) is 37.0 Å². The van der Waals surface area contributed by atoms with Gasteiger partial charge in [0.15, 0.2) is 0 Å². The summed E-state index contributed by atoms with van der Waals surface area (Å²) in [6.07, 6.45) is 4.66. The van der Waals surface area contributed by atoms with Gasteiger partial charge in [-0.2, -0.15) is 0 Å². The lowest BCUT2D eigenvalue weighted by Crippen LogP contribution is -2.43. The molecule has 0 saturated heterocycles. The van der Waals surface area contributed by atoms with Crippen LogP contribution in [0.4, 0.5) is 16.2 Å². The van der Waals surface area contributed by atoms with Crippen LogP contribution in [-0.4, -0.2) is 30.8 Å². The molecule has 1 aromatic carbocycles. The Balaban J connectivity index is 1.66. The lowest BCUT2D eigenvalue weighted by molar-refractivity contribution is -0.116. The predicted molar refractivity (Wildman–Crippen MR) is 94.2 cm³/mol. The highest BCUT2D eigenvalue weighted by Crippen LogP contribution is 2.36. The van der Waals surface area contributed by atoms with E-state index in [0.717, 1.165) is 17.0 Å². The quantitative estimate of drug-likeness (QED) is 0.871. The number of benzene rings is 1. The van der Waals surface area contributed by atoms with Crippen molar-refractivity contribution < 1.29 is 9.59 Å². The molecule has 0 radical (unpaired) electrons. The molecular weight excluding hydrogens is 310 g/mol. The van der Waals surface area contributed by atoms with Crippen LogP contribution in [0.25, 0.3) is 0 Å². The highest BCUT2D eigenvalue weighted by molar-refractivity contribution is 8.00. The summed E-state index contributed by atoms with van der Waals surface area (Å²) in [5, 5.41) is 5.98. The minimum Gasteiger partial charge on any atom is -0.335 e. The molecule has 6 heteroatoms. The molecule has 0 aromatic heterocycles. The number of rotatable bonds is 2. The highest BCUT2D eigenvalue weighted by Gasteiger charge is 2.24. The number of anilines is 2. The molecule has 2 unspecified atom stereocenters. The molecule has 1 aliphatic heterocycles. The summed E-state index contributed by atoms with van der Waals surface area (Å²) >= 11 is 1.54. The Morgan fingerprint density at radius 2 is 2.09 bits per heavy atom. The number of amides is 3. The van der Waals surface area contributed by atoms with E-state index in [-0.39, 0.29) is 18.0 Å².